The number of hydrogen-bond donors (Lipinski definition) is 1. The van der Waals surface area contributed by atoms with Crippen molar-refractivity contribution in [2.75, 3.05) is 6.54 Å². The summed E-state index contributed by atoms with van der Waals surface area (Å²) < 4.78 is 19.4. The van der Waals surface area contributed by atoms with Crippen LogP contribution in [0.15, 0.2) is 42.5 Å². The molecule has 0 atom stereocenters. The molecule has 21 heavy (non-hydrogen) atoms. The number of ether oxygens (including phenoxy) is 1. The van der Waals surface area contributed by atoms with Crippen molar-refractivity contribution in [3.05, 3.63) is 59.4 Å². The van der Waals surface area contributed by atoms with Crippen molar-refractivity contribution in [3.63, 3.8) is 0 Å². The van der Waals surface area contributed by atoms with E-state index in [0.717, 1.165) is 17.9 Å². The lowest BCUT2D eigenvalue weighted by Gasteiger charge is -2.10. The van der Waals surface area contributed by atoms with Gasteiger partial charge in [-0.25, -0.2) is 4.39 Å². The standard InChI is InChI=1S/C18H22FNO/c1-4-20-12-14-9-16(19)11-18(10-14)21-17-7-5-15(6-8-17)13(2)3/h5-11,13,20H,4,12H2,1-3H3. The highest BCUT2D eigenvalue weighted by Crippen LogP contribution is 2.25. The van der Waals surface area contributed by atoms with Crippen molar-refractivity contribution in [3.8, 4) is 11.5 Å². The fourth-order valence-electron chi connectivity index (χ4n) is 2.11. The molecule has 112 valence electrons. The second kappa shape index (κ2) is 7.23. The Morgan fingerprint density at radius 3 is 2.38 bits per heavy atom. The van der Waals surface area contributed by atoms with E-state index in [1.165, 1.54) is 17.7 Å². The molecule has 3 heteroatoms. The summed E-state index contributed by atoms with van der Waals surface area (Å²) in [7, 11) is 0. The Labute approximate surface area is 126 Å². The lowest BCUT2D eigenvalue weighted by Crippen LogP contribution is -2.11. The Morgan fingerprint density at radius 1 is 1.05 bits per heavy atom. The van der Waals surface area contributed by atoms with Gasteiger partial charge in [-0.2, -0.15) is 0 Å². The Balaban J connectivity index is 2.12. The van der Waals surface area contributed by atoms with Crippen molar-refractivity contribution in [1.29, 1.82) is 0 Å². The normalized spacial score (nSPS) is 10.9. The molecular weight excluding hydrogens is 265 g/mol. The molecule has 0 bridgehead atoms. The molecule has 2 rings (SSSR count). The first-order valence-corrected chi connectivity index (χ1v) is 7.36. The van der Waals surface area contributed by atoms with E-state index >= 15 is 0 Å². The topological polar surface area (TPSA) is 21.3 Å². The van der Waals surface area contributed by atoms with Crippen molar-refractivity contribution in [2.45, 2.75) is 33.2 Å². The number of halogens is 1. The van der Waals surface area contributed by atoms with E-state index in [4.69, 9.17) is 4.74 Å². The highest BCUT2D eigenvalue weighted by atomic mass is 19.1. The first-order valence-electron chi connectivity index (χ1n) is 7.36. The van der Waals surface area contributed by atoms with Gasteiger partial charge in [0.1, 0.15) is 17.3 Å². The average Bonchev–Trinajstić information content (AvgIpc) is 2.45. The molecule has 0 aromatic heterocycles. The Kier molecular flexibility index (Phi) is 5.34. The van der Waals surface area contributed by atoms with E-state index in [9.17, 15) is 4.39 Å². The van der Waals surface area contributed by atoms with Crippen molar-refractivity contribution < 1.29 is 9.13 Å². The van der Waals surface area contributed by atoms with Gasteiger partial charge in [0.05, 0.1) is 0 Å². The molecule has 0 amide bonds. The van der Waals surface area contributed by atoms with Crippen molar-refractivity contribution in [1.82, 2.24) is 5.32 Å². The van der Waals surface area contributed by atoms with Crippen molar-refractivity contribution in [2.24, 2.45) is 0 Å². The van der Waals surface area contributed by atoms with Crippen LogP contribution in [0.5, 0.6) is 11.5 Å². The first kappa shape index (κ1) is 15.5. The van der Waals surface area contributed by atoms with Gasteiger partial charge in [-0.3, -0.25) is 0 Å². The molecule has 0 spiro atoms. The van der Waals surface area contributed by atoms with Crippen LogP contribution in [0.25, 0.3) is 0 Å². The number of rotatable bonds is 6. The fourth-order valence-corrected chi connectivity index (χ4v) is 2.11. The molecule has 0 saturated carbocycles. The third kappa shape index (κ3) is 4.57. The zero-order chi connectivity index (χ0) is 15.2. The quantitative estimate of drug-likeness (QED) is 0.820. The number of nitrogens with one attached hydrogen (secondary N) is 1. The minimum Gasteiger partial charge on any atom is -0.457 e. The molecule has 2 aromatic carbocycles. The Bertz CT molecular complexity index is 578. The van der Waals surface area contributed by atoms with Gasteiger partial charge in [-0.05, 0) is 47.9 Å². The van der Waals surface area contributed by atoms with E-state index in [0.29, 0.717) is 18.2 Å². The first-order chi connectivity index (χ1) is 10.1. The molecule has 1 N–H and O–H groups in total. The molecule has 0 radical (unpaired) electrons. The summed E-state index contributed by atoms with van der Waals surface area (Å²) in [6.45, 7) is 7.80. The monoisotopic (exact) mass is 287 g/mol. The van der Waals surface area contributed by atoms with Crippen LogP contribution < -0.4 is 10.1 Å². The van der Waals surface area contributed by atoms with E-state index < -0.39 is 0 Å². The van der Waals surface area contributed by atoms with Crippen LogP contribution in [0.4, 0.5) is 4.39 Å². The third-order valence-corrected chi connectivity index (χ3v) is 3.29. The molecule has 0 saturated heterocycles. The van der Waals surface area contributed by atoms with E-state index in [1.54, 1.807) is 0 Å². The summed E-state index contributed by atoms with van der Waals surface area (Å²) >= 11 is 0. The van der Waals surface area contributed by atoms with Crippen LogP contribution in [0, 0.1) is 5.82 Å². The molecule has 0 heterocycles. The van der Waals surface area contributed by atoms with Gasteiger partial charge in [-0.15, -0.1) is 0 Å². The molecule has 0 aliphatic rings. The van der Waals surface area contributed by atoms with Gasteiger partial charge < -0.3 is 10.1 Å². The largest absolute Gasteiger partial charge is 0.457 e. The summed E-state index contributed by atoms with van der Waals surface area (Å²) in [6.07, 6.45) is 0. The smallest absolute Gasteiger partial charge is 0.130 e. The maximum atomic E-state index is 13.6. The lowest BCUT2D eigenvalue weighted by atomic mass is 10.0. The summed E-state index contributed by atoms with van der Waals surface area (Å²) in [4.78, 5) is 0. The minimum absolute atomic E-state index is 0.279. The molecule has 0 unspecified atom stereocenters. The van der Waals surface area contributed by atoms with Gasteiger partial charge in [0.2, 0.25) is 0 Å². The summed E-state index contributed by atoms with van der Waals surface area (Å²) in [5.41, 5.74) is 2.14. The third-order valence-electron chi connectivity index (χ3n) is 3.29. The summed E-state index contributed by atoms with van der Waals surface area (Å²) in [5.74, 6) is 1.46. The summed E-state index contributed by atoms with van der Waals surface area (Å²) in [5, 5.41) is 3.18. The van der Waals surface area contributed by atoms with Crippen LogP contribution in [0.3, 0.4) is 0 Å². The Morgan fingerprint density at radius 2 is 1.76 bits per heavy atom. The predicted octanol–water partition coefficient (Wildman–Crippen LogP) is 4.85. The van der Waals surface area contributed by atoms with Crippen molar-refractivity contribution >= 4 is 0 Å². The highest BCUT2D eigenvalue weighted by molar-refractivity contribution is 5.36. The molecule has 2 nitrogen and oxygen atoms in total. The van der Waals surface area contributed by atoms with Gasteiger partial charge in [-0.1, -0.05) is 32.9 Å². The number of benzene rings is 2. The minimum atomic E-state index is -0.279. The maximum Gasteiger partial charge on any atom is 0.130 e. The molecule has 0 aliphatic heterocycles. The molecule has 2 aromatic rings. The molecular formula is C18H22FNO. The van der Waals surface area contributed by atoms with Gasteiger partial charge in [0.25, 0.3) is 0 Å². The zero-order valence-corrected chi connectivity index (χ0v) is 12.8. The van der Waals surface area contributed by atoms with Crippen LogP contribution in [0.2, 0.25) is 0 Å². The van der Waals surface area contributed by atoms with Crippen LogP contribution >= 0.6 is 0 Å². The van der Waals surface area contributed by atoms with Crippen LogP contribution in [-0.2, 0) is 6.54 Å². The second-order valence-corrected chi connectivity index (χ2v) is 5.40. The van der Waals surface area contributed by atoms with Crippen LogP contribution in [-0.4, -0.2) is 6.54 Å². The lowest BCUT2D eigenvalue weighted by molar-refractivity contribution is 0.475. The van der Waals surface area contributed by atoms with Gasteiger partial charge >= 0.3 is 0 Å². The molecule has 0 fully saturated rings. The van der Waals surface area contributed by atoms with E-state index in [-0.39, 0.29) is 5.82 Å². The second-order valence-electron chi connectivity index (χ2n) is 5.40. The van der Waals surface area contributed by atoms with E-state index in [2.05, 4.69) is 19.2 Å². The summed E-state index contributed by atoms with van der Waals surface area (Å²) in [6, 6.07) is 12.7. The van der Waals surface area contributed by atoms with Crippen LogP contribution in [0.1, 0.15) is 37.8 Å². The van der Waals surface area contributed by atoms with Gasteiger partial charge in [0.15, 0.2) is 0 Å². The highest BCUT2D eigenvalue weighted by Gasteiger charge is 2.04. The SMILES string of the molecule is CCNCc1cc(F)cc(Oc2ccc(C(C)C)cc2)c1. The maximum absolute atomic E-state index is 13.6. The predicted molar refractivity (Wildman–Crippen MR) is 84.4 cm³/mol. The fraction of sp³-hybridized carbons (Fsp3) is 0.333. The average molecular weight is 287 g/mol. The van der Waals surface area contributed by atoms with E-state index in [1.807, 2.05) is 37.3 Å². The van der Waals surface area contributed by atoms with Gasteiger partial charge in [0, 0.05) is 12.6 Å². The number of hydrogen-bond acceptors (Lipinski definition) is 2. The molecule has 0 aliphatic carbocycles. The Hall–Kier alpha value is -1.87. The zero-order valence-electron chi connectivity index (χ0n) is 12.8.